The number of anilines is 1. The highest BCUT2D eigenvalue weighted by Gasteiger charge is 2.34. The molecule has 0 saturated heterocycles. The van der Waals surface area contributed by atoms with Gasteiger partial charge in [-0.2, -0.15) is 0 Å². The van der Waals surface area contributed by atoms with Gasteiger partial charge in [0, 0.05) is 25.1 Å². The van der Waals surface area contributed by atoms with E-state index < -0.39 is 0 Å². The average molecular weight is 261 g/mol. The first-order valence-corrected chi connectivity index (χ1v) is 6.61. The van der Waals surface area contributed by atoms with Crippen LogP contribution in [-0.2, 0) is 11.2 Å². The third kappa shape index (κ3) is 3.93. The summed E-state index contributed by atoms with van der Waals surface area (Å²) in [7, 11) is 0. The van der Waals surface area contributed by atoms with E-state index in [4.69, 9.17) is 5.73 Å². The van der Waals surface area contributed by atoms with Crippen molar-refractivity contribution in [1.29, 1.82) is 0 Å². The molecule has 1 saturated carbocycles. The summed E-state index contributed by atoms with van der Waals surface area (Å²) in [5.74, 6) is 0.315. The Hall–Kier alpha value is -1.61. The molecule has 3 heteroatoms. The van der Waals surface area contributed by atoms with Crippen molar-refractivity contribution in [2.75, 3.05) is 12.3 Å². The van der Waals surface area contributed by atoms with Gasteiger partial charge in [0.1, 0.15) is 5.78 Å². The van der Waals surface area contributed by atoms with Gasteiger partial charge in [-0.15, -0.1) is 13.2 Å². The van der Waals surface area contributed by atoms with E-state index in [-0.39, 0.29) is 12.0 Å². The van der Waals surface area contributed by atoms with Crippen molar-refractivity contribution in [3.05, 3.63) is 43.0 Å². The van der Waals surface area contributed by atoms with Crippen LogP contribution in [-0.4, -0.2) is 17.5 Å². The van der Waals surface area contributed by atoms with Crippen LogP contribution in [0.4, 0.5) is 5.69 Å². The molecule has 0 aliphatic heterocycles. The Labute approximate surface area is 115 Å². The first-order chi connectivity index (χ1) is 9.15. The highest BCUT2D eigenvalue weighted by Crippen LogP contribution is 2.38. The van der Waals surface area contributed by atoms with Gasteiger partial charge >= 0.3 is 0 Å². The standard InChI is InChI=1S/C14H19NO2.C2H4/c15-13-4-2-1-3-11(13)9-14(10-16)7-5-12(17)6-8-14;1-2/h1-4,16H,5-10,15H2;1-2H2. The molecule has 0 radical (unpaired) electrons. The van der Waals surface area contributed by atoms with Crippen molar-refractivity contribution < 1.29 is 9.90 Å². The SMILES string of the molecule is C=C.Nc1ccccc1CC1(CO)CCC(=O)CC1. The molecule has 104 valence electrons. The molecular formula is C16H23NO2. The average Bonchev–Trinajstić information content (AvgIpc) is 2.46. The normalized spacial score (nSPS) is 17.4. The first kappa shape index (κ1) is 15.4. The van der Waals surface area contributed by atoms with Crippen molar-refractivity contribution >= 4 is 11.5 Å². The van der Waals surface area contributed by atoms with Crippen LogP contribution in [0.2, 0.25) is 0 Å². The van der Waals surface area contributed by atoms with Gasteiger partial charge in [0.15, 0.2) is 0 Å². The van der Waals surface area contributed by atoms with Crippen LogP contribution in [0.25, 0.3) is 0 Å². The number of Topliss-reactive ketones (excluding diaryl/α,β-unsaturated/α-hetero) is 1. The zero-order valence-electron chi connectivity index (χ0n) is 11.4. The molecule has 0 aromatic heterocycles. The molecule has 0 unspecified atom stereocenters. The van der Waals surface area contributed by atoms with E-state index in [0.29, 0.717) is 18.6 Å². The van der Waals surface area contributed by atoms with Crippen LogP contribution in [0, 0.1) is 5.41 Å². The molecule has 0 amide bonds. The molecule has 1 aromatic carbocycles. The van der Waals surface area contributed by atoms with Crippen molar-refractivity contribution in [3.8, 4) is 0 Å². The topological polar surface area (TPSA) is 63.3 Å². The lowest BCUT2D eigenvalue weighted by Gasteiger charge is -2.35. The van der Waals surface area contributed by atoms with Crippen LogP contribution < -0.4 is 5.73 Å². The lowest BCUT2D eigenvalue weighted by Crippen LogP contribution is -2.33. The zero-order valence-corrected chi connectivity index (χ0v) is 11.4. The third-order valence-electron chi connectivity index (χ3n) is 3.82. The fourth-order valence-corrected chi connectivity index (χ4v) is 2.55. The summed E-state index contributed by atoms with van der Waals surface area (Å²) < 4.78 is 0. The maximum absolute atomic E-state index is 11.3. The number of nitrogens with two attached hydrogens (primary N) is 1. The quantitative estimate of drug-likeness (QED) is 0.649. The Balaban J connectivity index is 0.000000861. The number of rotatable bonds is 3. The Kier molecular flexibility index (Phi) is 5.77. The van der Waals surface area contributed by atoms with Crippen molar-refractivity contribution in [2.45, 2.75) is 32.1 Å². The number of benzene rings is 1. The molecule has 1 aliphatic rings. The zero-order chi connectivity index (χ0) is 14.3. The van der Waals surface area contributed by atoms with Crippen LogP contribution in [0.1, 0.15) is 31.2 Å². The highest BCUT2D eigenvalue weighted by molar-refractivity contribution is 5.79. The van der Waals surface area contributed by atoms with Crippen molar-refractivity contribution in [3.63, 3.8) is 0 Å². The number of carbonyl (C=O) groups excluding carboxylic acids is 1. The number of para-hydroxylation sites is 1. The maximum Gasteiger partial charge on any atom is 0.132 e. The van der Waals surface area contributed by atoms with Gasteiger partial charge in [0.25, 0.3) is 0 Å². The van der Waals surface area contributed by atoms with Gasteiger partial charge in [0.05, 0.1) is 0 Å². The van der Waals surface area contributed by atoms with E-state index in [1.807, 2.05) is 24.3 Å². The predicted molar refractivity (Wildman–Crippen MR) is 78.8 cm³/mol. The Morgan fingerprint density at radius 2 is 1.79 bits per heavy atom. The minimum atomic E-state index is -0.149. The van der Waals surface area contributed by atoms with Crippen LogP contribution >= 0.6 is 0 Å². The van der Waals surface area contributed by atoms with Crippen molar-refractivity contribution in [2.24, 2.45) is 5.41 Å². The van der Waals surface area contributed by atoms with Crippen LogP contribution in [0.3, 0.4) is 0 Å². The van der Waals surface area contributed by atoms with Gasteiger partial charge in [-0.3, -0.25) is 4.79 Å². The molecular weight excluding hydrogens is 238 g/mol. The summed E-state index contributed by atoms with van der Waals surface area (Å²) in [6, 6.07) is 7.76. The smallest absolute Gasteiger partial charge is 0.132 e. The summed E-state index contributed by atoms with van der Waals surface area (Å²) in [6.07, 6.45) is 3.50. The van der Waals surface area contributed by atoms with Gasteiger partial charge in [-0.25, -0.2) is 0 Å². The number of ketones is 1. The first-order valence-electron chi connectivity index (χ1n) is 6.61. The second kappa shape index (κ2) is 7.10. The molecule has 0 atom stereocenters. The summed E-state index contributed by atoms with van der Waals surface area (Å²) >= 11 is 0. The van der Waals surface area contributed by atoms with Gasteiger partial charge in [0.2, 0.25) is 0 Å². The highest BCUT2D eigenvalue weighted by atomic mass is 16.3. The fourth-order valence-electron chi connectivity index (χ4n) is 2.55. The largest absolute Gasteiger partial charge is 0.399 e. The molecule has 1 aliphatic carbocycles. The lowest BCUT2D eigenvalue weighted by atomic mass is 9.70. The molecule has 1 aromatic rings. The maximum atomic E-state index is 11.3. The van der Waals surface area contributed by atoms with Gasteiger partial charge in [-0.05, 0) is 36.3 Å². The van der Waals surface area contributed by atoms with E-state index in [2.05, 4.69) is 13.2 Å². The Bertz CT molecular complexity index is 419. The number of hydrogen-bond donors (Lipinski definition) is 2. The van der Waals surface area contributed by atoms with Crippen LogP contribution in [0.5, 0.6) is 0 Å². The number of aliphatic hydroxyl groups excluding tert-OH is 1. The molecule has 0 bridgehead atoms. The van der Waals surface area contributed by atoms with E-state index >= 15 is 0 Å². The predicted octanol–water partition coefficient (Wildman–Crippen LogP) is 2.74. The molecule has 3 N–H and O–H groups in total. The number of aliphatic hydroxyl groups is 1. The van der Waals surface area contributed by atoms with E-state index in [0.717, 1.165) is 30.5 Å². The molecule has 2 rings (SSSR count). The molecule has 0 spiro atoms. The Morgan fingerprint density at radius 1 is 1.21 bits per heavy atom. The number of nitrogen functional groups attached to an aromatic ring is 1. The lowest BCUT2D eigenvalue weighted by molar-refractivity contribution is -0.123. The second-order valence-corrected chi connectivity index (χ2v) is 5.07. The van der Waals surface area contributed by atoms with Crippen molar-refractivity contribution in [1.82, 2.24) is 0 Å². The monoisotopic (exact) mass is 261 g/mol. The summed E-state index contributed by atoms with van der Waals surface area (Å²) in [6.45, 7) is 6.13. The molecule has 3 nitrogen and oxygen atoms in total. The molecule has 1 fully saturated rings. The second-order valence-electron chi connectivity index (χ2n) is 5.07. The number of hydrogen-bond acceptors (Lipinski definition) is 3. The van der Waals surface area contributed by atoms with Gasteiger partial charge in [-0.1, -0.05) is 18.2 Å². The van der Waals surface area contributed by atoms with Gasteiger partial charge < -0.3 is 10.8 Å². The van der Waals surface area contributed by atoms with E-state index in [9.17, 15) is 9.90 Å². The van der Waals surface area contributed by atoms with E-state index in [1.165, 1.54) is 0 Å². The third-order valence-corrected chi connectivity index (χ3v) is 3.82. The van der Waals surface area contributed by atoms with E-state index in [1.54, 1.807) is 0 Å². The minimum absolute atomic E-state index is 0.134. The van der Waals surface area contributed by atoms with Crippen LogP contribution in [0.15, 0.2) is 37.4 Å². The minimum Gasteiger partial charge on any atom is -0.399 e. The Morgan fingerprint density at radius 3 is 2.32 bits per heavy atom. The summed E-state index contributed by atoms with van der Waals surface area (Å²) in [5, 5.41) is 9.63. The summed E-state index contributed by atoms with van der Waals surface area (Å²) in [5.41, 5.74) is 7.64. The fraction of sp³-hybridized carbons (Fsp3) is 0.438. The molecule has 0 heterocycles. The molecule has 19 heavy (non-hydrogen) atoms. The number of carbonyl (C=O) groups is 1. The summed E-state index contributed by atoms with van der Waals surface area (Å²) in [4.78, 5) is 11.3.